The summed E-state index contributed by atoms with van der Waals surface area (Å²) in [4.78, 5) is 16.0. The third kappa shape index (κ3) is 4.73. The van der Waals surface area contributed by atoms with E-state index in [0.717, 1.165) is 5.69 Å². The summed E-state index contributed by atoms with van der Waals surface area (Å²) in [5.41, 5.74) is 1.47. The average molecular weight is 306 g/mol. The van der Waals surface area contributed by atoms with Gasteiger partial charge in [0.25, 0.3) is 5.91 Å². The summed E-state index contributed by atoms with van der Waals surface area (Å²) in [5.74, 6) is 0.270. The first kappa shape index (κ1) is 15.3. The quantitative estimate of drug-likeness (QED) is 0.860. The fourth-order valence-electron chi connectivity index (χ4n) is 1.68. The molecule has 0 aliphatic rings. The Morgan fingerprint density at radius 1 is 1.29 bits per heavy atom. The first-order valence-electron chi connectivity index (χ1n) is 6.46. The number of carbonyl (C=O) groups is 1. The zero-order chi connectivity index (χ0) is 15.1. The summed E-state index contributed by atoms with van der Waals surface area (Å²) in [7, 11) is 1.85. The third-order valence-corrected chi connectivity index (χ3v) is 3.00. The van der Waals surface area contributed by atoms with E-state index in [1.165, 1.54) is 0 Å². The van der Waals surface area contributed by atoms with Crippen molar-refractivity contribution in [3.63, 3.8) is 0 Å². The number of ether oxygens (including phenoxy) is 1. The van der Waals surface area contributed by atoms with Gasteiger partial charge < -0.3 is 15.4 Å². The van der Waals surface area contributed by atoms with E-state index in [-0.39, 0.29) is 12.5 Å². The van der Waals surface area contributed by atoms with Crippen LogP contribution in [0.2, 0.25) is 5.02 Å². The van der Waals surface area contributed by atoms with Crippen molar-refractivity contribution in [1.82, 2.24) is 10.3 Å². The van der Waals surface area contributed by atoms with Crippen LogP contribution in [0.1, 0.15) is 5.69 Å². The molecule has 0 fully saturated rings. The van der Waals surface area contributed by atoms with Crippen LogP contribution < -0.4 is 15.4 Å². The lowest BCUT2D eigenvalue weighted by Crippen LogP contribution is -2.20. The number of amides is 1. The lowest BCUT2D eigenvalue weighted by molar-refractivity contribution is -0.118. The molecule has 0 bridgehead atoms. The molecule has 5 nitrogen and oxygen atoms in total. The number of anilines is 1. The van der Waals surface area contributed by atoms with Crippen LogP contribution in [0.5, 0.6) is 5.75 Å². The van der Waals surface area contributed by atoms with Gasteiger partial charge in [0.1, 0.15) is 5.75 Å². The van der Waals surface area contributed by atoms with Crippen molar-refractivity contribution in [2.45, 2.75) is 6.54 Å². The fourth-order valence-corrected chi connectivity index (χ4v) is 1.86. The number of rotatable bonds is 6. The van der Waals surface area contributed by atoms with Crippen molar-refractivity contribution in [1.29, 1.82) is 0 Å². The second-order valence-corrected chi connectivity index (χ2v) is 4.74. The molecule has 1 amide bonds. The van der Waals surface area contributed by atoms with Gasteiger partial charge in [-0.05, 0) is 31.3 Å². The molecular weight excluding hydrogens is 290 g/mol. The summed E-state index contributed by atoms with van der Waals surface area (Å²) in [6.07, 6.45) is 1.59. The number of hydrogen-bond acceptors (Lipinski definition) is 4. The molecule has 1 heterocycles. The maximum atomic E-state index is 11.8. The Kier molecular flexibility index (Phi) is 5.54. The molecule has 110 valence electrons. The molecular formula is C15H16ClN3O2. The molecule has 0 atom stereocenters. The zero-order valence-corrected chi connectivity index (χ0v) is 12.4. The molecule has 2 rings (SSSR count). The molecule has 2 N–H and O–H groups in total. The zero-order valence-electron chi connectivity index (χ0n) is 11.6. The van der Waals surface area contributed by atoms with Crippen LogP contribution in [0.25, 0.3) is 0 Å². The van der Waals surface area contributed by atoms with Crippen molar-refractivity contribution in [3.8, 4) is 5.75 Å². The number of nitrogens with zero attached hydrogens (tertiary/aromatic N) is 1. The predicted molar refractivity (Wildman–Crippen MR) is 82.6 cm³/mol. The van der Waals surface area contributed by atoms with Crippen molar-refractivity contribution >= 4 is 23.2 Å². The van der Waals surface area contributed by atoms with E-state index in [2.05, 4.69) is 15.6 Å². The molecule has 1 aromatic heterocycles. The largest absolute Gasteiger partial charge is 0.482 e. The number of para-hydroxylation sites is 1. The summed E-state index contributed by atoms with van der Waals surface area (Å²) in [6, 6.07) is 10.7. The monoisotopic (exact) mass is 305 g/mol. The Balaban J connectivity index is 1.85. The average Bonchev–Trinajstić information content (AvgIpc) is 2.49. The predicted octanol–water partition coefficient (Wildman–Crippen LogP) is 2.47. The maximum Gasteiger partial charge on any atom is 0.262 e. The first-order chi connectivity index (χ1) is 10.2. The Labute approximate surface area is 128 Å². The molecule has 0 radical (unpaired) electrons. The van der Waals surface area contributed by atoms with Crippen LogP contribution in [0.15, 0.2) is 42.6 Å². The number of aromatic nitrogens is 1. The third-order valence-electron chi connectivity index (χ3n) is 2.67. The van der Waals surface area contributed by atoms with Crippen LogP contribution in [0.4, 0.5) is 5.69 Å². The van der Waals surface area contributed by atoms with Gasteiger partial charge >= 0.3 is 0 Å². The van der Waals surface area contributed by atoms with Gasteiger partial charge in [-0.2, -0.15) is 0 Å². The molecule has 0 saturated heterocycles. The molecule has 2 aromatic rings. The van der Waals surface area contributed by atoms with Crippen LogP contribution in [-0.4, -0.2) is 24.5 Å². The topological polar surface area (TPSA) is 63.2 Å². The Hall–Kier alpha value is -2.11. The number of halogens is 1. The van der Waals surface area contributed by atoms with Gasteiger partial charge in [-0.1, -0.05) is 23.7 Å². The lowest BCUT2D eigenvalue weighted by atomic mass is 10.3. The van der Waals surface area contributed by atoms with E-state index in [1.807, 2.05) is 13.1 Å². The summed E-state index contributed by atoms with van der Waals surface area (Å²) in [5, 5.41) is 6.18. The van der Waals surface area contributed by atoms with Crippen molar-refractivity contribution < 1.29 is 9.53 Å². The van der Waals surface area contributed by atoms with Crippen molar-refractivity contribution in [2.24, 2.45) is 0 Å². The number of pyridine rings is 1. The molecule has 0 aliphatic heterocycles. The number of nitrogens with one attached hydrogen (secondary N) is 2. The second-order valence-electron chi connectivity index (χ2n) is 4.33. The Morgan fingerprint density at radius 2 is 2.10 bits per heavy atom. The summed E-state index contributed by atoms with van der Waals surface area (Å²) < 4.78 is 5.37. The SMILES string of the molecule is CNCc1ccc(OCC(=O)Nc2ccccc2Cl)cn1. The summed E-state index contributed by atoms with van der Waals surface area (Å²) >= 11 is 5.96. The van der Waals surface area contributed by atoms with Crippen LogP contribution >= 0.6 is 11.6 Å². The maximum absolute atomic E-state index is 11.8. The smallest absolute Gasteiger partial charge is 0.262 e. The number of carbonyl (C=O) groups excluding carboxylic acids is 1. The van der Waals surface area contributed by atoms with Crippen LogP contribution in [-0.2, 0) is 11.3 Å². The summed E-state index contributed by atoms with van der Waals surface area (Å²) in [6.45, 7) is 0.589. The minimum atomic E-state index is -0.276. The van der Waals surface area contributed by atoms with Gasteiger partial charge in [-0.15, -0.1) is 0 Å². The highest BCUT2D eigenvalue weighted by atomic mass is 35.5. The highest BCUT2D eigenvalue weighted by Crippen LogP contribution is 2.20. The number of benzene rings is 1. The molecule has 0 saturated carbocycles. The molecule has 0 spiro atoms. The highest BCUT2D eigenvalue weighted by molar-refractivity contribution is 6.33. The van der Waals surface area contributed by atoms with Gasteiger partial charge in [-0.3, -0.25) is 9.78 Å². The second kappa shape index (κ2) is 7.61. The molecule has 0 unspecified atom stereocenters. The molecule has 0 aliphatic carbocycles. The minimum absolute atomic E-state index is 0.0989. The van der Waals surface area contributed by atoms with E-state index >= 15 is 0 Å². The standard InChI is InChI=1S/C15H16ClN3O2/c1-17-8-11-6-7-12(9-18-11)21-10-15(20)19-14-5-3-2-4-13(14)16/h2-7,9,17H,8,10H2,1H3,(H,19,20). The normalized spacial score (nSPS) is 10.2. The number of hydrogen-bond donors (Lipinski definition) is 2. The highest BCUT2D eigenvalue weighted by Gasteiger charge is 2.06. The fraction of sp³-hybridized carbons (Fsp3) is 0.200. The molecule has 6 heteroatoms. The van der Waals surface area contributed by atoms with Crippen LogP contribution in [0, 0.1) is 0 Å². The Morgan fingerprint density at radius 3 is 2.76 bits per heavy atom. The minimum Gasteiger partial charge on any atom is -0.482 e. The van der Waals surface area contributed by atoms with E-state index in [9.17, 15) is 4.79 Å². The van der Waals surface area contributed by atoms with Gasteiger partial charge in [0, 0.05) is 6.54 Å². The van der Waals surface area contributed by atoms with Crippen LogP contribution in [0.3, 0.4) is 0 Å². The molecule has 1 aromatic carbocycles. The lowest BCUT2D eigenvalue weighted by Gasteiger charge is -2.08. The van der Waals surface area contributed by atoms with Gasteiger partial charge in [0.05, 0.1) is 22.6 Å². The van der Waals surface area contributed by atoms with E-state index < -0.39 is 0 Å². The van der Waals surface area contributed by atoms with Crippen molar-refractivity contribution in [2.75, 3.05) is 19.0 Å². The van der Waals surface area contributed by atoms with E-state index in [4.69, 9.17) is 16.3 Å². The van der Waals surface area contributed by atoms with Gasteiger partial charge in [0.15, 0.2) is 6.61 Å². The van der Waals surface area contributed by atoms with Crippen molar-refractivity contribution in [3.05, 3.63) is 53.3 Å². The molecule has 21 heavy (non-hydrogen) atoms. The first-order valence-corrected chi connectivity index (χ1v) is 6.83. The van der Waals surface area contributed by atoms with E-state index in [0.29, 0.717) is 23.0 Å². The Bertz CT molecular complexity index is 602. The van der Waals surface area contributed by atoms with Gasteiger partial charge in [-0.25, -0.2) is 0 Å². The van der Waals surface area contributed by atoms with E-state index in [1.54, 1.807) is 36.5 Å². The van der Waals surface area contributed by atoms with Gasteiger partial charge in [0.2, 0.25) is 0 Å².